The van der Waals surface area contributed by atoms with E-state index in [1.54, 1.807) is 43.1 Å². The summed E-state index contributed by atoms with van der Waals surface area (Å²) in [5.74, 6) is -0.107. The van der Waals surface area contributed by atoms with E-state index in [-0.39, 0.29) is 24.3 Å². The Bertz CT molecular complexity index is 445. The van der Waals surface area contributed by atoms with E-state index in [2.05, 4.69) is 5.32 Å². The second-order valence-electron chi connectivity index (χ2n) is 4.42. The largest absolute Gasteiger partial charge is 0.355 e. The summed E-state index contributed by atoms with van der Waals surface area (Å²) in [5, 5.41) is 3.31. The molecule has 19 heavy (non-hydrogen) atoms. The second kappa shape index (κ2) is 7.26. The number of halogens is 1. The maximum Gasteiger partial charge on any atom is 0.234 e. The quantitative estimate of drug-likeness (QED) is 0.812. The third-order valence-electron chi connectivity index (χ3n) is 2.94. The highest BCUT2D eigenvalue weighted by Crippen LogP contribution is 2.12. The molecule has 5 heteroatoms. The zero-order valence-corrected chi connectivity index (χ0v) is 12.2. The number of likely N-dealkylation sites (N-methyl/N-ethyl adjacent to an activating group) is 2. The van der Waals surface area contributed by atoms with Gasteiger partial charge in [-0.25, -0.2) is 0 Å². The van der Waals surface area contributed by atoms with Gasteiger partial charge < -0.3 is 5.32 Å². The van der Waals surface area contributed by atoms with Crippen LogP contribution in [-0.4, -0.2) is 42.8 Å². The molecule has 1 N–H and O–H groups in total. The van der Waals surface area contributed by atoms with E-state index < -0.39 is 0 Å². The maximum absolute atomic E-state index is 12.2. The van der Waals surface area contributed by atoms with Crippen molar-refractivity contribution in [3.63, 3.8) is 0 Å². The van der Waals surface area contributed by atoms with Crippen molar-refractivity contribution in [3.8, 4) is 0 Å². The Kier molecular flexibility index (Phi) is 5.99. The summed E-state index contributed by atoms with van der Waals surface area (Å²) in [7, 11) is 1.76. The van der Waals surface area contributed by atoms with Crippen LogP contribution in [0.4, 0.5) is 0 Å². The molecule has 0 fully saturated rings. The van der Waals surface area contributed by atoms with Crippen molar-refractivity contribution in [3.05, 3.63) is 34.9 Å². The lowest BCUT2D eigenvalue weighted by Crippen LogP contribution is -2.42. The Balaban J connectivity index is 2.65. The Labute approximate surface area is 118 Å². The third-order valence-corrected chi connectivity index (χ3v) is 3.19. The molecule has 0 radical (unpaired) electrons. The number of benzene rings is 1. The second-order valence-corrected chi connectivity index (χ2v) is 4.85. The summed E-state index contributed by atoms with van der Waals surface area (Å²) in [6.07, 6.45) is 0. The first kappa shape index (κ1) is 15.7. The average molecular weight is 283 g/mol. The van der Waals surface area contributed by atoms with Crippen molar-refractivity contribution >= 4 is 23.3 Å². The molecule has 1 atom stereocenters. The molecule has 0 aliphatic carbocycles. The number of nitrogens with zero attached hydrogens (tertiary/aromatic N) is 1. The minimum Gasteiger partial charge on any atom is -0.355 e. The van der Waals surface area contributed by atoms with Crippen LogP contribution in [0.1, 0.15) is 24.2 Å². The van der Waals surface area contributed by atoms with Gasteiger partial charge in [0, 0.05) is 17.1 Å². The van der Waals surface area contributed by atoms with E-state index in [1.807, 2.05) is 6.92 Å². The number of hydrogen-bond donors (Lipinski definition) is 1. The molecule has 0 saturated heterocycles. The molecule has 0 aliphatic rings. The van der Waals surface area contributed by atoms with Crippen LogP contribution >= 0.6 is 11.6 Å². The number of carbonyl (C=O) groups excluding carboxylic acids is 2. The molecule has 104 valence electrons. The highest BCUT2D eigenvalue weighted by molar-refractivity contribution is 6.30. The van der Waals surface area contributed by atoms with Crippen molar-refractivity contribution < 1.29 is 9.59 Å². The molecule has 1 unspecified atom stereocenters. The number of nitrogens with one attached hydrogen (secondary N) is 1. The van der Waals surface area contributed by atoms with Crippen molar-refractivity contribution in [2.75, 3.05) is 20.1 Å². The lowest BCUT2D eigenvalue weighted by molar-refractivity contribution is -0.122. The minimum atomic E-state index is -0.358. The summed E-state index contributed by atoms with van der Waals surface area (Å²) in [5.41, 5.74) is 0.597. The van der Waals surface area contributed by atoms with Gasteiger partial charge in [-0.3, -0.25) is 14.5 Å². The van der Waals surface area contributed by atoms with Crippen molar-refractivity contribution in [2.24, 2.45) is 0 Å². The Morgan fingerprint density at radius 3 is 2.42 bits per heavy atom. The fraction of sp³-hybridized carbons (Fsp3) is 0.429. The first-order valence-corrected chi connectivity index (χ1v) is 6.60. The van der Waals surface area contributed by atoms with Gasteiger partial charge in [0.25, 0.3) is 0 Å². The fourth-order valence-corrected chi connectivity index (χ4v) is 1.80. The number of amides is 1. The van der Waals surface area contributed by atoms with Gasteiger partial charge in [-0.15, -0.1) is 0 Å². The minimum absolute atomic E-state index is 0.0246. The lowest BCUT2D eigenvalue weighted by Gasteiger charge is -2.22. The van der Waals surface area contributed by atoms with E-state index in [0.29, 0.717) is 17.1 Å². The van der Waals surface area contributed by atoms with Crippen molar-refractivity contribution in [1.82, 2.24) is 10.2 Å². The van der Waals surface area contributed by atoms with E-state index in [0.717, 1.165) is 0 Å². The van der Waals surface area contributed by atoms with Gasteiger partial charge in [0.2, 0.25) is 5.91 Å². The molecule has 0 heterocycles. The summed E-state index contributed by atoms with van der Waals surface area (Å²) < 4.78 is 0. The van der Waals surface area contributed by atoms with E-state index in [9.17, 15) is 9.59 Å². The molecule has 1 aromatic carbocycles. The number of ketones is 1. The molecule has 1 rings (SSSR count). The van der Waals surface area contributed by atoms with Gasteiger partial charge in [0.1, 0.15) is 0 Å². The van der Waals surface area contributed by atoms with Crippen LogP contribution in [0, 0.1) is 0 Å². The molecule has 0 aromatic heterocycles. The predicted molar refractivity (Wildman–Crippen MR) is 76.6 cm³/mol. The summed E-state index contributed by atoms with van der Waals surface area (Å²) in [4.78, 5) is 25.4. The van der Waals surface area contributed by atoms with Crippen LogP contribution in [0.15, 0.2) is 24.3 Å². The molecular weight excluding hydrogens is 264 g/mol. The highest BCUT2D eigenvalue weighted by atomic mass is 35.5. The molecule has 0 saturated carbocycles. The Hall–Kier alpha value is -1.39. The molecule has 0 aliphatic heterocycles. The monoisotopic (exact) mass is 282 g/mol. The zero-order valence-electron chi connectivity index (χ0n) is 11.4. The van der Waals surface area contributed by atoms with Crippen LogP contribution in [0.25, 0.3) is 0 Å². The molecule has 1 amide bonds. The van der Waals surface area contributed by atoms with Gasteiger partial charge in [-0.05, 0) is 45.2 Å². The standard InChI is InChI=1S/C14H19ClN2O2/c1-4-16-13(18)9-17(3)10(2)14(19)11-5-7-12(15)8-6-11/h5-8,10H,4,9H2,1-3H3,(H,16,18). The molecule has 0 spiro atoms. The molecule has 4 nitrogen and oxygen atoms in total. The van der Waals surface area contributed by atoms with Crippen LogP contribution in [0.3, 0.4) is 0 Å². The van der Waals surface area contributed by atoms with Crippen molar-refractivity contribution in [1.29, 1.82) is 0 Å². The predicted octanol–water partition coefficient (Wildman–Crippen LogP) is 1.98. The van der Waals surface area contributed by atoms with Crippen LogP contribution in [-0.2, 0) is 4.79 Å². The number of rotatable bonds is 6. The smallest absolute Gasteiger partial charge is 0.234 e. The molecule has 0 bridgehead atoms. The van der Waals surface area contributed by atoms with Gasteiger partial charge >= 0.3 is 0 Å². The number of hydrogen-bond acceptors (Lipinski definition) is 3. The van der Waals surface area contributed by atoms with Crippen LogP contribution in [0.2, 0.25) is 5.02 Å². The first-order valence-electron chi connectivity index (χ1n) is 6.22. The lowest BCUT2D eigenvalue weighted by atomic mass is 10.0. The van der Waals surface area contributed by atoms with E-state index >= 15 is 0 Å². The summed E-state index contributed by atoms with van der Waals surface area (Å²) in [6, 6.07) is 6.41. The Morgan fingerprint density at radius 2 is 1.89 bits per heavy atom. The van der Waals surface area contributed by atoms with Gasteiger partial charge in [0.15, 0.2) is 5.78 Å². The third kappa shape index (κ3) is 4.65. The zero-order chi connectivity index (χ0) is 14.4. The van der Waals surface area contributed by atoms with Gasteiger partial charge in [0.05, 0.1) is 12.6 Å². The summed E-state index contributed by atoms with van der Waals surface area (Å²) in [6.45, 7) is 4.44. The van der Waals surface area contributed by atoms with E-state index in [1.165, 1.54) is 0 Å². The Morgan fingerprint density at radius 1 is 1.32 bits per heavy atom. The molecule has 1 aromatic rings. The highest BCUT2D eigenvalue weighted by Gasteiger charge is 2.21. The molecular formula is C14H19ClN2O2. The van der Waals surface area contributed by atoms with Crippen LogP contribution in [0.5, 0.6) is 0 Å². The van der Waals surface area contributed by atoms with Gasteiger partial charge in [-0.2, -0.15) is 0 Å². The topological polar surface area (TPSA) is 49.4 Å². The SMILES string of the molecule is CCNC(=O)CN(C)C(C)C(=O)c1ccc(Cl)cc1. The van der Waals surface area contributed by atoms with Crippen molar-refractivity contribution in [2.45, 2.75) is 19.9 Å². The fourth-order valence-electron chi connectivity index (χ4n) is 1.67. The van der Waals surface area contributed by atoms with E-state index in [4.69, 9.17) is 11.6 Å². The first-order chi connectivity index (χ1) is 8.95. The normalized spacial score (nSPS) is 12.3. The van der Waals surface area contributed by atoms with Crippen LogP contribution < -0.4 is 5.32 Å². The summed E-state index contributed by atoms with van der Waals surface area (Å²) >= 11 is 5.79. The average Bonchev–Trinajstić information content (AvgIpc) is 2.38. The number of carbonyl (C=O) groups is 2. The number of Topliss-reactive ketones (excluding diaryl/α,β-unsaturated/α-hetero) is 1. The van der Waals surface area contributed by atoms with Gasteiger partial charge in [-0.1, -0.05) is 11.6 Å². The maximum atomic E-state index is 12.2.